The number of aliphatic hydroxyl groups is 1. The largest absolute Gasteiger partial charge is 0.457 e. The molecule has 1 unspecified atom stereocenters. The number of likely N-dealkylation sites (N-methyl/N-ethyl adjacent to an activating group) is 1. The number of rotatable bonds is 6. The predicted molar refractivity (Wildman–Crippen MR) is 127 cm³/mol. The van der Waals surface area contributed by atoms with Crippen molar-refractivity contribution in [2.45, 2.75) is 6.23 Å². The van der Waals surface area contributed by atoms with Gasteiger partial charge in [-0.1, -0.05) is 18.2 Å². The summed E-state index contributed by atoms with van der Waals surface area (Å²) < 4.78 is 19.1. The Balaban J connectivity index is 1.26. The van der Waals surface area contributed by atoms with Gasteiger partial charge in [0.15, 0.2) is 12.0 Å². The Kier molecular flexibility index (Phi) is 5.85. The van der Waals surface area contributed by atoms with Gasteiger partial charge in [-0.3, -0.25) is 5.10 Å². The molecule has 170 valence electrons. The molecule has 1 saturated heterocycles. The van der Waals surface area contributed by atoms with Crippen LogP contribution in [-0.4, -0.2) is 53.4 Å². The van der Waals surface area contributed by atoms with Crippen LogP contribution >= 0.6 is 0 Å². The third kappa shape index (κ3) is 4.76. The number of aromatic amines is 1. The minimum Gasteiger partial charge on any atom is -0.457 e. The molecule has 7 nitrogen and oxygen atoms in total. The van der Waals surface area contributed by atoms with Gasteiger partial charge in [0, 0.05) is 54.9 Å². The Bertz CT molecular complexity index is 1240. The minimum absolute atomic E-state index is 0.354. The molecular formula is C25H26FN5O2. The van der Waals surface area contributed by atoms with Gasteiger partial charge in [-0.2, -0.15) is 5.10 Å². The van der Waals surface area contributed by atoms with Crippen LogP contribution in [0.4, 0.5) is 15.9 Å². The van der Waals surface area contributed by atoms with Crippen LogP contribution in [0, 0.1) is 5.82 Å². The summed E-state index contributed by atoms with van der Waals surface area (Å²) in [6.45, 7) is 4.10. The van der Waals surface area contributed by atoms with E-state index in [0.29, 0.717) is 17.3 Å². The van der Waals surface area contributed by atoms with Crippen molar-refractivity contribution in [2.75, 3.05) is 43.4 Å². The molecule has 5 rings (SSSR count). The zero-order chi connectivity index (χ0) is 22.8. The fraction of sp³-hybridized carbons (Fsp3) is 0.240. The number of aromatic nitrogens is 2. The van der Waals surface area contributed by atoms with Gasteiger partial charge in [0.05, 0.1) is 5.52 Å². The highest BCUT2D eigenvalue weighted by atomic mass is 19.1. The second-order valence-electron chi connectivity index (χ2n) is 8.27. The zero-order valence-electron chi connectivity index (χ0n) is 18.3. The van der Waals surface area contributed by atoms with Gasteiger partial charge in [-0.05, 0) is 43.4 Å². The molecular weight excluding hydrogens is 421 g/mol. The number of hydrogen-bond acceptors (Lipinski definition) is 6. The van der Waals surface area contributed by atoms with Gasteiger partial charge < -0.3 is 25.0 Å². The van der Waals surface area contributed by atoms with Gasteiger partial charge in [0.2, 0.25) is 0 Å². The number of H-pyrrole nitrogens is 1. The van der Waals surface area contributed by atoms with Crippen molar-refractivity contribution in [3.63, 3.8) is 0 Å². The minimum atomic E-state index is -0.902. The van der Waals surface area contributed by atoms with E-state index in [4.69, 9.17) is 4.74 Å². The molecule has 3 N–H and O–H groups in total. The van der Waals surface area contributed by atoms with Gasteiger partial charge in [0.25, 0.3) is 0 Å². The number of nitrogens with zero attached hydrogens (tertiary/aromatic N) is 3. The van der Waals surface area contributed by atoms with Crippen LogP contribution in [0.3, 0.4) is 0 Å². The number of anilines is 2. The molecule has 3 aromatic carbocycles. The zero-order valence-corrected chi connectivity index (χ0v) is 18.3. The number of aliphatic hydroxyl groups excluding tert-OH is 1. The summed E-state index contributed by atoms with van der Waals surface area (Å²) in [5, 5.41) is 21.8. The summed E-state index contributed by atoms with van der Waals surface area (Å²) in [5.74, 6) is 1.16. The average Bonchev–Trinajstić information content (AvgIpc) is 3.21. The fourth-order valence-corrected chi connectivity index (χ4v) is 3.98. The first-order chi connectivity index (χ1) is 16.0. The van der Waals surface area contributed by atoms with E-state index < -0.39 is 6.23 Å². The normalized spacial score (nSPS) is 15.5. The number of piperazine rings is 1. The van der Waals surface area contributed by atoms with Crippen molar-refractivity contribution in [1.82, 2.24) is 15.1 Å². The quantitative estimate of drug-likeness (QED) is 0.382. The summed E-state index contributed by atoms with van der Waals surface area (Å²) in [7, 11) is 2.14. The molecule has 1 aromatic heterocycles. The Hall–Kier alpha value is -3.62. The number of hydrogen-bond donors (Lipinski definition) is 3. The Morgan fingerprint density at radius 2 is 1.76 bits per heavy atom. The molecule has 0 radical (unpaired) electrons. The smallest absolute Gasteiger partial charge is 0.157 e. The Morgan fingerprint density at radius 1 is 1.00 bits per heavy atom. The van der Waals surface area contributed by atoms with Gasteiger partial charge >= 0.3 is 0 Å². The first-order valence-electron chi connectivity index (χ1n) is 10.9. The van der Waals surface area contributed by atoms with E-state index in [2.05, 4.69) is 32.4 Å². The molecule has 1 aliphatic rings. The van der Waals surface area contributed by atoms with Gasteiger partial charge in [-0.25, -0.2) is 4.39 Å². The lowest BCUT2D eigenvalue weighted by atomic mass is 10.1. The molecule has 4 aromatic rings. The molecule has 0 aliphatic carbocycles. The van der Waals surface area contributed by atoms with Crippen LogP contribution in [-0.2, 0) is 0 Å². The van der Waals surface area contributed by atoms with E-state index in [-0.39, 0.29) is 5.82 Å². The average molecular weight is 448 g/mol. The highest BCUT2D eigenvalue weighted by Gasteiger charge is 2.16. The van der Waals surface area contributed by atoms with Gasteiger partial charge in [-0.15, -0.1) is 0 Å². The van der Waals surface area contributed by atoms with Crippen molar-refractivity contribution in [3.05, 3.63) is 78.1 Å². The molecule has 1 aliphatic heterocycles. The highest BCUT2D eigenvalue weighted by molar-refractivity contribution is 5.90. The third-order valence-corrected chi connectivity index (χ3v) is 5.92. The van der Waals surface area contributed by atoms with E-state index in [1.165, 1.54) is 12.1 Å². The van der Waals surface area contributed by atoms with Crippen LogP contribution < -0.4 is 15.0 Å². The molecule has 0 saturated carbocycles. The molecule has 8 heteroatoms. The molecule has 0 bridgehead atoms. The third-order valence-electron chi connectivity index (χ3n) is 5.92. The summed E-state index contributed by atoms with van der Waals surface area (Å²) in [4.78, 5) is 4.68. The summed E-state index contributed by atoms with van der Waals surface area (Å²) >= 11 is 0. The number of ether oxygens (including phenoxy) is 1. The number of benzene rings is 3. The second-order valence-corrected chi connectivity index (χ2v) is 8.27. The van der Waals surface area contributed by atoms with E-state index in [1.54, 1.807) is 24.3 Å². The maximum Gasteiger partial charge on any atom is 0.157 e. The van der Waals surface area contributed by atoms with Crippen LogP contribution in [0.25, 0.3) is 10.9 Å². The predicted octanol–water partition coefficient (Wildman–Crippen LogP) is 4.35. The van der Waals surface area contributed by atoms with E-state index in [1.807, 2.05) is 30.3 Å². The first-order valence-corrected chi connectivity index (χ1v) is 10.9. The lowest BCUT2D eigenvalue weighted by Crippen LogP contribution is -2.44. The molecule has 0 spiro atoms. The molecule has 33 heavy (non-hydrogen) atoms. The van der Waals surface area contributed by atoms with E-state index in [9.17, 15) is 9.50 Å². The lowest BCUT2D eigenvalue weighted by Gasteiger charge is -2.34. The molecule has 0 amide bonds. The standard InChI is InChI=1S/C25H26FN5O2/c1-30-11-13-31(14-12-30)19-7-5-17(6-8-19)25(32)27-24-22-10-9-21(16-23(22)28-29-24)33-20-4-2-3-18(26)15-20/h2-10,15-16,25,32H,11-14H2,1H3,(H2,27,28,29). The summed E-state index contributed by atoms with van der Waals surface area (Å²) in [6.07, 6.45) is -0.902. The number of halogens is 1. The Morgan fingerprint density at radius 3 is 2.52 bits per heavy atom. The maximum atomic E-state index is 13.4. The highest BCUT2D eigenvalue weighted by Crippen LogP contribution is 2.30. The summed E-state index contributed by atoms with van der Waals surface area (Å²) in [5.41, 5.74) is 2.66. The first kappa shape index (κ1) is 21.2. The van der Waals surface area contributed by atoms with Crippen LogP contribution in [0.5, 0.6) is 11.5 Å². The number of nitrogens with one attached hydrogen (secondary N) is 2. The molecule has 1 fully saturated rings. The van der Waals surface area contributed by atoms with Crippen LogP contribution in [0.1, 0.15) is 11.8 Å². The van der Waals surface area contributed by atoms with Crippen molar-refractivity contribution in [3.8, 4) is 11.5 Å². The van der Waals surface area contributed by atoms with Crippen LogP contribution in [0.2, 0.25) is 0 Å². The maximum absolute atomic E-state index is 13.4. The lowest BCUT2D eigenvalue weighted by molar-refractivity contribution is 0.208. The fourth-order valence-electron chi connectivity index (χ4n) is 3.98. The summed E-state index contributed by atoms with van der Waals surface area (Å²) in [6, 6.07) is 19.4. The molecule has 2 heterocycles. The monoisotopic (exact) mass is 447 g/mol. The second kappa shape index (κ2) is 9.09. The van der Waals surface area contributed by atoms with E-state index >= 15 is 0 Å². The van der Waals surface area contributed by atoms with Crippen molar-refractivity contribution < 1.29 is 14.2 Å². The molecule has 1 atom stereocenters. The number of fused-ring (bicyclic) bond motifs is 1. The SMILES string of the molecule is CN1CCN(c2ccc(C(O)Nc3n[nH]c4cc(Oc5cccc(F)c5)ccc34)cc2)CC1. The Labute approximate surface area is 191 Å². The topological polar surface area (TPSA) is 76.7 Å². The van der Waals surface area contributed by atoms with Crippen molar-refractivity contribution >= 4 is 22.4 Å². The van der Waals surface area contributed by atoms with Gasteiger partial charge in [0.1, 0.15) is 17.3 Å². The van der Waals surface area contributed by atoms with Crippen molar-refractivity contribution in [2.24, 2.45) is 0 Å². The van der Waals surface area contributed by atoms with E-state index in [0.717, 1.165) is 48.3 Å². The van der Waals surface area contributed by atoms with Crippen LogP contribution in [0.15, 0.2) is 66.7 Å². The van der Waals surface area contributed by atoms with Crippen molar-refractivity contribution in [1.29, 1.82) is 0 Å².